The van der Waals surface area contributed by atoms with E-state index in [9.17, 15) is 0 Å². The van der Waals surface area contributed by atoms with Gasteiger partial charge in [-0.25, -0.2) is 0 Å². The predicted octanol–water partition coefficient (Wildman–Crippen LogP) is 1.20. The molecule has 0 amide bonds. The highest BCUT2D eigenvalue weighted by Gasteiger charge is 2.06. The van der Waals surface area contributed by atoms with Crippen LogP contribution in [0.25, 0.3) is 0 Å². The van der Waals surface area contributed by atoms with Crippen molar-refractivity contribution in [3.8, 4) is 0 Å². The molecule has 0 aliphatic heterocycles. The molecule has 0 fully saturated rings. The lowest BCUT2D eigenvalue weighted by molar-refractivity contribution is 0.199. The second-order valence-electron chi connectivity index (χ2n) is 3.46. The van der Waals surface area contributed by atoms with Crippen molar-refractivity contribution in [2.45, 2.75) is 33.4 Å². The van der Waals surface area contributed by atoms with Crippen molar-refractivity contribution in [1.82, 2.24) is 15.1 Å². The van der Waals surface area contributed by atoms with Crippen molar-refractivity contribution in [3.05, 3.63) is 17.5 Å². The normalized spacial score (nSPS) is 10.9. The van der Waals surface area contributed by atoms with Gasteiger partial charge in [0.25, 0.3) is 0 Å². The van der Waals surface area contributed by atoms with Gasteiger partial charge in [0.1, 0.15) is 0 Å². The zero-order valence-electron chi connectivity index (χ0n) is 9.92. The molecule has 0 unspecified atom stereocenters. The molecule has 0 saturated carbocycles. The minimum atomic E-state index is 0.753. The third-order valence-electron chi connectivity index (χ3n) is 2.47. The molecule has 0 saturated heterocycles. The van der Waals surface area contributed by atoms with Crippen LogP contribution in [0.2, 0.25) is 0 Å². The van der Waals surface area contributed by atoms with E-state index in [0.29, 0.717) is 0 Å². The summed E-state index contributed by atoms with van der Waals surface area (Å²) < 4.78 is 7.04. The average Bonchev–Trinajstić information content (AvgIpc) is 2.66. The van der Waals surface area contributed by atoms with E-state index < -0.39 is 0 Å². The van der Waals surface area contributed by atoms with Crippen LogP contribution in [-0.2, 0) is 24.2 Å². The van der Waals surface area contributed by atoms with Crippen LogP contribution in [0, 0.1) is 0 Å². The summed E-state index contributed by atoms with van der Waals surface area (Å²) in [5.41, 5.74) is 2.64. The standard InChI is InChI=1S/C11H21N3O/c1-4-11-10(8-12-6-7-15-3)9-13-14(11)5-2/h9,12H,4-8H2,1-3H3. The number of nitrogens with zero attached hydrogens (tertiary/aromatic N) is 2. The molecule has 0 bridgehead atoms. The van der Waals surface area contributed by atoms with Crippen LogP contribution >= 0.6 is 0 Å². The zero-order chi connectivity index (χ0) is 11.1. The van der Waals surface area contributed by atoms with Gasteiger partial charge in [-0.05, 0) is 13.3 Å². The van der Waals surface area contributed by atoms with Crippen LogP contribution in [0.3, 0.4) is 0 Å². The third kappa shape index (κ3) is 3.32. The van der Waals surface area contributed by atoms with E-state index in [-0.39, 0.29) is 0 Å². The highest BCUT2D eigenvalue weighted by molar-refractivity contribution is 5.17. The SMILES string of the molecule is CCc1c(CNCCOC)cnn1CC. The fourth-order valence-electron chi connectivity index (χ4n) is 1.68. The lowest BCUT2D eigenvalue weighted by Gasteiger charge is -2.06. The summed E-state index contributed by atoms with van der Waals surface area (Å²) in [4.78, 5) is 0. The molecule has 1 heterocycles. The van der Waals surface area contributed by atoms with Crippen molar-refractivity contribution in [2.24, 2.45) is 0 Å². The first kappa shape index (κ1) is 12.2. The second-order valence-corrected chi connectivity index (χ2v) is 3.46. The first-order valence-corrected chi connectivity index (χ1v) is 5.56. The number of hydrogen-bond donors (Lipinski definition) is 1. The van der Waals surface area contributed by atoms with Gasteiger partial charge in [0.15, 0.2) is 0 Å². The molecular formula is C11H21N3O. The van der Waals surface area contributed by atoms with Gasteiger partial charge in [-0.15, -0.1) is 0 Å². The molecule has 86 valence electrons. The van der Waals surface area contributed by atoms with E-state index in [1.807, 2.05) is 6.20 Å². The highest BCUT2D eigenvalue weighted by Crippen LogP contribution is 2.08. The Labute approximate surface area is 91.6 Å². The molecule has 15 heavy (non-hydrogen) atoms. The van der Waals surface area contributed by atoms with Gasteiger partial charge in [-0.3, -0.25) is 4.68 Å². The minimum absolute atomic E-state index is 0.753. The van der Waals surface area contributed by atoms with E-state index >= 15 is 0 Å². The minimum Gasteiger partial charge on any atom is -0.383 e. The van der Waals surface area contributed by atoms with Crippen molar-refractivity contribution >= 4 is 0 Å². The van der Waals surface area contributed by atoms with Crippen LogP contribution in [0.5, 0.6) is 0 Å². The Bertz CT molecular complexity index is 283. The zero-order valence-corrected chi connectivity index (χ0v) is 9.92. The summed E-state index contributed by atoms with van der Waals surface area (Å²) >= 11 is 0. The van der Waals surface area contributed by atoms with Crippen LogP contribution in [0.4, 0.5) is 0 Å². The van der Waals surface area contributed by atoms with Gasteiger partial charge in [-0.1, -0.05) is 6.92 Å². The molecule has 0 radical (unpaired) electrons. The fraction of sp³-hybridized carbons (Fsp3) is 0.727. The Balaban J connectivity index is 2.49. The summed E-state index contributed by atoms with van der Waals surface area (Å²) in [6.07, 6.45) is 3.00. The maximum absolute atomic E-state index is 4.98. The molecule has 0 atom stereocenters. The van der Waals surface area contributed by atoms with Gasteiger partial charge in [0.05, 0.1) is 12.8 Å². The third-order valence-corrected chi connectivity index (χ3v) is 2.47. The maximum Gasteiger partial charge on any atom is 0.0587 e. The van der Waals surface area contributed by atoms with Crippen LogP contribution < -0.4 is 5.32 Å². The van der Waals surface area contributed by atoms with E-state index in [0.717, 1.165) is 32.7 Å². The Morgan fingerprint density at radius 2 is 2.27 bits per heavy atom. The first-order valence-electron chi connectivity index (χ1n) is 5.56. The molecule has 0 aromatic carbocycles. The second kappa shape index (κ2) is 6.58. The summed E-state index contributed by atoms with van der Waals surface area (Å²) in [7, 11) is 1.72. The lowest BCUT2D eigenvalue weighted by Crippen LogP contribution is -2.19. The number of hydrogen-bond acceptors (Lipinski definition) is 3. The Hall–Kier alpha value is -0.870. The van der Waals surface area contributed by atoms with E-state index in [1.54, 1.807) is 7.11 Å². The van der Waals surface area contributed by atoms with Crippen molar-refractivity contribution in [1.29, 1.82) is 0 Å². The highest BCUT2D eigenvalue weighted by atomic mass is 16.5. The molecule has 4 nitrogen and oxygen atoms in total. The van der Waals surface area contributed by atoms with Crippen LogP contribution in [-0.4, -0.2) is 30.0 Å². The molecule has 1 aromatic heterocycles. The first-order chi connectivity index (χ1) is 7.33. The number of nitrogens with one attached hydrogen (secondary N) is 1. The van der Waals surface area contributed by atoms with Gasteiger partial charge in [0, 0.05) is 38.0 Å². The molecule has 0 aliphatic carbocycles. The largest absolute Gasteiger partial charge is 0.383 e. The number of aromatic nitrogens is 2. The predicted molar refractivity (Wildman–Crippen MR) is 60.9 cm³/mol. The van der Waals surface area contributed by atoms with Crippen molar-refractivity contribution in [2.75, 3.05) is 20.3 Å². The molecule has 4 heteroatoms. The monoisotopic (exact) mass is 211 g/mol. The van der Waals surface area contributed by atoms with Gasteiger partial charge < -0.3 is 10.1 Å². The summed E-state index contributed by atoms with van der Waals surface area (Å²) in [5, 5.41) is 7.69. The summed E-state index contributed by atoms with van der Waals surface area (Å²) in [5.74, 6) is 0. The van der Waals surface area contributed by atoms with Crippen LogP contribution in [0.1, 0.15) is 25.1 Å². The Morgan fingerprint density at radius 1 is 1.47 bits per heavy atom. The smallest absolute Gasteiger partial charge is 0.0587 e. The van der Waals surface area contributed by atoms with E-state index in [4.69, 9.17) is 4.74 Å². The van der Waals surface area contributed by atoms with Gasteiger partial charge in [0.2, 0.25) is 0 Å². The van der Waals surface area contributed by atoms with Crippen molar-refractivity contribution in [3.63, 3.8) is 0 Å². The van der Waals surface area contributed by atoms with E-state index in [2.05, 4.69) is 28.9 Å². The lowest BCUT2D eigenvalue weighted by atomic mass is 10.2. The summed E-state index contributed by atoms with van der Waals surface area (Å²) in [6, 6.07) is 0. The topological polar surface area (TPSA) is 39.1 Å². The number of ether oxygens (including phenoxy) is 1. The van der Waals surface area contributed by atoms with Gasteiger partial charge in [-0.2, -0.15) is 5.10 Å². The molecule has 1 rings (SSSR count). The molecule has 0 spiro atoms. The van der Waals surface area contributed by atoms with Crippen molar-refractivity contribution < 1.29 is 4.74 Å². The fourth-order valence-corrected chi connectivity index (χ4v) is 1.68. The summed E-state index contributed by atoms with van der Waals surface area (Å²) in [6.45, 7) is 7.75. The average molecular weight is 211 g/mol. The Kier molecular flexibility index (Phi) is 5.36. The quantitative estimate of drug-likeness (QED) is 0.689. The number of methoxy groups -OCH3 is 1. The van der Waals surface area contributed by atoms with Crippen LogP contribution in [0.15, 0.2) is 6.20 Å². The Morgan fingerprint density at radius 3 is 2.87 bits per heavy atom. The van der Waals surface area contributed by atoms with Gasteiger partial charge >= 0.3 is 0 Å². The maximum atomic E-state index is 4.98. The molecular weight excluding hydrogens is 190 g/mol. The number of aryl methyl sites for hydroxylation is 1. The molecule has 0 aliphatic rings. The molecule has 1 N–H and O–H groups in total. The van der Waals surface area contributed by atoms with E-state index in [1.165, 1.54) is 11.3 Å². The number of rotatable bonds is 7. The molecule has 1 aromatic rings.